The fourth-order valence-electron chi connectivity index (χ4n) is 3.53. The van der Waals surface area contributed by atoms with Crippen LogP contribution >= 0.6 is 23.2 Å². The van der Waals surface area contributed by atoms with Crippen LogP contribution in [0.25, 0.3) is 6.08 Å². The van der Waals surface area contributed by atoms with Crippen molar-refractivity contribution in [1.82, 2.24) is 5.32 Å². The molecule has 0 saturated carbocycles. The number of imide groups is 2. The Morgan fingerprint density at radius 1 is 0.973 bits per heavy atom. The minimum absolute atomic E-state index is 0.107. The lowest BCUT2D eigenvalue weighted by atomic mass is 10.1. The predicted molar refractivity (Wildman–Crippen MR) is 139 cm³/mol. The predicted octanol–water partition coefficient (Wildman–Crippen LogP) is 5.59. The van der Waals surface area contributed by atoms with E-state index < -0.39 is 23.8 Å². The summed E-state index contributed by atoms with van der Waals surface area (Å²) in [5, 5.41) is 2.69. The number of rotatable bonds is 6. The van der Waals surface area contributed by atoms with Crippen LogP contribution in [0.3, 0.4) is 0 Å². The third kappa shape index (κ3) is 5.66. The quantitative estimate of drug-likeness (QED) is 0.190. The van der Waals surface area contributed by atoms with Crippen molar-refractivity contribution in [3.8, 4) is 11.5 Å². The van der Waals surface area contributed by atoms with Crippen molar-refractivity contribution < 1.29 is 28.7 Å². The topological polar surface area (TPSA) is 102 Å². The number of anilines is 1. The van der Waals surface area contributed by atoms with Crippen LogP contribution in [-0.4, -0.2) is 30.4 Å². The molecule has 4 amide bonds. The second kappa shape index (κ2) is 10.9. The van der Waals surface area contributed by atoms with Gasteiger partial charge in [0.1, 0.15) is 5.57 Å². The van der Waals surface area contributed by atoms with Gasteiger partial charge in [-0.1, -0.05) is 47.0 Å². The molecule has 0 radical (unpaired) electrons. The molecule has 10 heteroatoms. The number of benzene rings is 3. The Morgan fingerprint density at radius 2 is 1.70 bits per heavy atom. The van der Waals surface area contributed by atoms with Crippen molar-refractivity contribution in [2.45, 2.75) is 13.8 Å². The van der Waals surface area contributed by atoms with E-state index in [0.717, 1.165) is 10.5 Å². The molecule has 1 fully saturated rings. The van der Waals surface area contributed by atoms with E-state index in [1.54, 1.807) is 31.2 Å². The Hall–Kier alpha value is -4.14. The smallest absolute Gasteiger partial charge is 0.345 e. The molecule has 0 aromatic heterocycles. The first-order chi connectivity index (χ1) is 17.7. The van der Waals surface area contributed by atoms with E-state index in [2.05, 4.69) is 5.32 Å². The molecular formula is C27H20Cl2N2O6. The molecule has 3 aromatic carbocycles. The first kappa shape index (κ1) is 25.9. The van der Waals surface area contributed by atoms with Crippen molar-refractivity contribution in [1.29, 1.82) is 0 Å². The Bertz CT molecular complexity index is 1450. The van der Waals surface area contributed by atoms with Gasteiger partial charge in [0, 0.05) is 5.02 Å². The Kier molecular flexibility index (Phi) is 7.61. The molecule has 1 aliphatic heterocycles. The maximum Gasteiger partial charge on any atom is 0.345 e. The molecule has 0 unspecified atom stereocenters. The number of hydrogen-bond donors (Lipinski definition) is 1. The van der Waals surface area contributed by atoms with Crippen molar-refractivity contribution in [2.24, 2.45) is 0 Å². The fraction of sp³-hybridized carbons (Fsp3) is 0.111. The maximum absolute atomic E-state index is 13.1. The number of nitrogens with one attached hydrogen (secondary N) is 1. The summed E-state index contributed by atoms with van der Waals surface area (Å²) in [5.41, 5.74) is 1.54. The molecule has 0 atom stereocenters. The number of nitrogens with zero attached hydrogens (tertiary/aromatic N) is 1. The molecule has 37 heavy (non-hydrogen) atoms. The van der Waals surface area contributed by atoms with E-state index >= 15 is 0 Å². The van der Waals surface area contributed by atoms with E-state index in [0.29, 0.717) is 16.3 Å². The molecule has 188 valence electrons. The van der Waals surface area contributed by atoms with Gasteiger partial charge in [0.15, 0.2) is 11.5 Å². The summed E-state index contributed by atoms with van der Waals surface area (Å²) in [5.74, 6) is -2.02. The summed E-state index contributed by atoms with van der Waals surface area (Å²) < 4.78 is 11.1. The monoisotopic (exact) mass is 538 g/mol. The number of aryl methyl sites for hydroxylation is 1. The van der Waals surface area contributed by atoms with Gasteiger partial charge in [-0.15, -0.1) is 0 Å². The molecule has 0 aliphatic carbocycles. The highest BCUT2D eigenvalue weighted by atomic mass is 35.5. The molecule has 1 saturated heterocycles. The number of hydrogen-bond acceptors (Lipinski definition) is 6. The maximum atomic E-state index is 13.1. The Labute approximate surface area is 222 Å². The molecule has 1 aliphatic rings. The first-order valence-electron chi connectivity index (χ1n) is 11.1. The average Bonchev–Trinajstić information content (AvgIpc) is 2.84. The van der Waals surface area contributed by atoms with E-state index in [-0.39, 0.29) is 34.3 Å². The molecule has 1 N–H and O–H groups in total. The van der Waals surface area contributed by atoms with Gasteiger partial charge in [-0.3, -0.25) is 14.9 Å². The number of ether oxygens (including phenoxy) is 2. The van der Waals surface area contributed by atoms with Gasteiger partial charge in [0.05, 0.1) is 22.9 Å². The second-order valence-electron chi connectivity index (χ2n) is 7.95. The van der Waals surface area contributed by atoms with Crippen LogP contribution in [0.4, 0.5) is 10.5 Å². The van der Waals surface area contributed by atoms with Crippen LogP contribution in [0.1, 0.15) is 28.4 Å². The zero-order valence-corrected chi connectivity index (χ0v) is 21.2. The summed E-state index contributed by atoms with van der Waals surface area (Å²) in [6.07, 6.45) is 1.33. The zero-order chi connectivity index (χ0) is 26.7. The van der Waals surface area contributed by atoms with E-state index in [1.165, 1.54) is 42.5 Å². The highest BCUT2D eigenvalue weighted by Crippen LogP contribution is 2.32. The summed E-state index contributed by atoms with van der Waals surface area (Å²) in [7, 11) is 0. The summed E-state index contributed by atoms with van der Waals surface area (Å²) in [6, 6.07) is 14.8. The summed E-state index contributed by atoms with van der Waals surface area (Å²) >= 11 is 12.0. The van der Waals surface area contributed by atoms with Gasteiger partial charge < -0.3 is 9.47 Å². The SMILES string of the molecule is CCOc1cc(/C=C2\C(=O)NC(=O)N(c3ccc(C)cc3)C2=O)ccc1OC(=O)c1ccc(Cl)cc1Cl. The van der Waals surface area contributed by atoms with Crippen molar-refractivity contribution >= 4 is 58.8 Å². The molecule has 1 heterocycles. The summed E-state index contributed by atoms with van der Waals surface area (Å²) in [6.45, 7) is 3.87. The number of halogens is 2. The zero-order valence-electron chi connectivity index (χ0n) is 19.7. The van der Waals surface area contributed by atoms with Gasteiger partial charge in [-0.2, -0.15) is 0 Å². The van der Waals surface area contributed by atoms with Crippen molar-refractivity contribution in [3.05, 3.63) is 93.0 Å². The van der Waals surface area contributed by atoms with Crippen LogP contribution in [0.2, 0.25) is 10.0 Å². The van der Waals surface area contributed by atoms with Crippen LogP contribution < -0.4 is 19.7 Å². The number of urea groups is 1. The number of esters is 1. The highest BCUT2D eigenvalue weighted by molar-refractivity contribution is 6.39. The minimum Gasteiger partial charge on any atom is -0.490 e. The number of carbonyl (C=O) groups is 4. The van der Waals surface area contributed by atoms with E-state index in [1.807, 2.05) is 6.92 Å². The second-order valence-corrected chi connectivity index (χ2v) is 8.79. The number of carbonyl (C=O) groups excluding carboxylic acids is 4. The van der Waals surface area contributed by atoms with Gasteiger partial charge >= 0.3 is 12.0 Å². The average molecular weight is 539 g/mol. The molecule has 3 aromatic rings. The van der Waals surface area contributed by atoms with E-state index in [4.69, 9.17) is 32.7 Å². The lowest BCUT2D eigenvalue weighted by Gasteiger charge is -2.26. The van der Waals surface area contributed by atoms with Crippen LogP contribution in [0.15, 0.2) is 66.2 Å². The van der Waals surface area contributed by atoms with E-state index in [9.17, 15) is 19.2 Å². The summed E-state index contributed by atoms with van der Waals surface area (Å²) in [4.78, 5) is 51.6. The molecule has 0 bridgehead atoms. The van der Waals surface area contributed by atoms with Gasteiger partial charge in [0.2, 0.25) is 0 Å². The Morgan fingerprint density at radius 3 is 2.38 bits per heavy atom. The van der Waals surface area contributed by atoms with Crippen molar-refractivity contribution in [2.75, 3.05) is 11.5 Å². The first-order valence-corrected chi connectivity index (χ1v) is 11.9. The van der Waals surface area contributed by atoms with Gasteiger partial charge in [-0.05, 0) is 68.0 Å². The molecule has 0 spiro atoms. The van der Waals surface area contributed by atoms with Gasteiger partial charge in [0.25, 0.3) is 11.8 Å². The largest absolute Gasteiger partial charge is 0.490 e. The highest BCUT2D eigenvalue weighted by Gasteiger charge is 2.36. The minimum atomic E-state index is -0.839. The Balaban J connectivity index is 1.64. The molecular weight excluding hydrogens is 519 g/mol. The lowest BCUT2D eigenvalue weighted by molar-refractivity contribution is -0.122. The van der Waals surface area contributed by atoms with Crippen LogP contribution in [0, 0.1) is 6.92 Å². The third-order valence-electron chi connectivity index (χ3n) is 5.33. The van der Waals surface area contributed by atoms with Gasteiger partial charge in [-0.25, -0.2) is 14.5 Å². The normalized spacial score (nSPS) is 14.5. The van der Waals surface area contributed by atoms with Crippen LogP contribution in [0.5, 0.6) is 11.5 Å². The fourth-order valence-corrected chi connectivity index (χ4v) is 4.02. The standard InChI is InChI=1S/C27H20Cl2N2O6/c1-3-36-23-13-16(6-11-22(23)37-26(34)19-10-7-17(28)14-21(19)29)12-20-24(32)30-27(35)31(25(20)33)18-8-4-15(2)5-9-18/h4-14H,3H2,1-2H3,(H,30,32,35)/b20-12+. The molecule has 8 nitrogen and oxygen atoms in total. The third-order valence-corrected chi connectivity index (χ3v) is 5.87. The number of amides is 4. The number of barbiturate groups is 1. The molecule has 4 rings (SSSR count). The van der Waals surface area contributed by atoms with Crippen LogP contribution in [-0.2, 0) is 9.59 Å². The lowest BCUT2D eigenvalue weighted by Crippen LogP contribution is -2.54. The van der Waals surface area contributed by atoms with Crippen molar-refractivity contribution in [3.63, 3.8) is 0 Å².